The molecule has 0 aromatic heterocycles. The summed E-state index contributed by atoms with van der Waals surface area (Å²) in [5, 5.41) is 0. The molecule has 0 spiro atoms. The van der Waals surface area contributed by atoms with Crippen molar-refractivity contribution in [1.29, 1.82) is 0 Å². The van der Waals surface area contributed by atoms with Crippen LogP contribution < -0.4 is 0 Å². The first-order valence-corrected chi connectivity index (χ1v) is 2.50. The van der Waals surface area contributed by atoms with E-state index in [1.807, 2.05) is 0 Å². The van der Waals surface area contributed by atoms with E-state index < -0.39 is 0 Å². The fraction of sp³-hybridized carbons (Fsp3) is 0. The van der Waals surface area contributed by atoms with Gasteiger partial charge >= 0.3 is 0 Å². The maximum absolute atomic E-state index is 3.81. The molecule has 0 heterocycles. The average Bonchev–Trinajstić information content (AvgIpc) is 1.35. The minimum atomic E-state index is 0.671. The lowest BCUT2D eigenvalue weighted by atomic mass is 11.3. The van der Waals surface area contributed by atoms with Gasteiger partial charge in [0.1, 0.15) is 0 Å². The highest BCUT2D eigenvalue weighted by molar-refractivity contribution is 8.14. The molecule has 0 fully saturated rings. The molecule has 3 heteroatoms. The number of hydrogen-bond acceptors (Lipinski definition) is 3. The second-order valence-electron chi connectivity index (χ2n) is 0.614. The standard InChI is InChI=1S/C3H5NS2/c1-3(5)6-4-2/h5H,1-2H2. The van der Waals surface area contributed by atoms with Crippen LogP contribution in [0, 0.1) is 0 Å². The molecule has 0 saturated carbocycles. The Labute approximate surface area is 47.1 Å². The Kier molecular flexibility index (Phi) is 3.37. The average molecular weight is 119 g/mol. The van der Waals surface area contributed by atoms with Crippen molar-refractivity contribution in [2.75, 3.05) is 0 Å². The second kappa shape index (κ2) is 3.31. The van der Waals surface area contributed by atoms with Gasteiger partial charge in [0.15, 0.2) is 0 Å². The van der Waals surface area contributed by atoms with E-state index in [1.165, 1.54) is 11.9 Å². The summed E-state index contributed by atoms with van der Waals surface area (Å²) in [5.74, 6) is 0. The molecule has 0 amide bonds. The predicted molar refractivity (Wildman–Crippen MR) is 35.3 cm³/mol. The predicted octanol–water partition coefficient (Wildman–Crippen LogP) is 1.74. The minimum absolute atomic E-state index is 0.671. The van der Waals surface area contributed by atoms with Crippen LogP contribution in [0.2, 0.25) is 0 Å². The van der Waals surface area contributed by atoms with Gasteiger partial charge < -0.3 is 0 Å². The largest absolute Gasteiger partial charge is 0.227 e. The van der Waals surface area contributed by atoms with Crippen LogP contribution in [0.15, 0.2) is 15.2 Å². The van der Waals surface area contributed by atoms with Gasteiger partial charge in [-0.25, -0.2) is 4.40 Å². The molecule has 0 rings (SSSR count). The monoisotopic (exact) mass is 119 g/mol. The van der Waals surface area contributed by atoms with Crippen LogP contribution in [0.5, 0.6) is 0 Å². The van der Waals surface area contributed by atoms with Crippen molar-refractivity contribution < 1.29 is 0 Å². The molecule has 6 heavy (non-hydrogen) atoms. The third kappa shape index (κ3) is 4.11. The Morgan fingerprint density at radius 2 is 2.33 bits per heavy atom. The summed E-state index contributed by atoms with van der Waals surface area (Å²) in [6, 6.07) is 0. The van der Waals surface area contributed by atoms with Crippen molar-refractivity contribution in [3.05, 3.63) is 10.8 Å². The Balaban J connectivity index is 3.05. The smallest absolute Gasteiger partial charge is 0.0530 e. The fourth-order valence-electron chi connectivity index (χ4n) is 0.0745. The highest BCUT2D eigenvalue weighted by Crippen LogP contribution is 2.15. The molecule has 34 valence electrons. The highest BCUT2D eigenvalue weighted by Gasteiger charge is 1.74. The van der Waals surface area contributed by atoms with Crippen LogP contribution in [0.3, 0.4) is 0 Å². The molecule has 0 bridgehead atoms. The zero-order chi connectivity index (χ0) is 4.99. The molecule has 0 aromatic carbocycles. The van der Waals surface area contributed by atoms with Crippen LogP contribution in [-0.2, 0) is 0 Å². The van der Waals surface area contributed by atoms with Crippen LogP contribution in [-0.4, -0.2) is 6.72 Å². The number of hydrogen-bond donors (Lipinski definition) is 1. The highest BCUT2D eigenvalue weighted by atomic mass is 32.2. The second-order valence-corrected chi connectivity index (χ2v) is 2.39. The molecule has 0 radical (unpaired) electrons. The number of nitrogens with zero attached hydrogens (tertiary/aromatic N) is 1. The van der Waals surface area contributed by atoms with Gasteiger partial charge in [-0.3, -0.25) is 0 Å². The van der Waals surface area contributed by atoms with Gasteiger partial charge in [0, 0.05) is 11.9 Å². The summed E-state index contributed by atoms with van der Waals surface area (Å²) >= 11 is 4.98. The van der Waals surface area contributed by atoms with E-state index in [9.17, 15) is 0 Å². The topological polar surface area (TPSA) is 12.4 Å². The van der Waals surface area contributed by atoms with Crippen LogP contribution in [0.4, 0.5) is 0 Å². The van der Waals surface area contributed by atoms with Gasteiger partial charge in [0.2, 0.25) is 0 Å². The molecular formula is C3H5NS2. The zero-order valence-corrected chi connectivity index (χ0v) is 4.93. The molecule has 0 aliphatic rings. The van der Waals surface area contributed by atoms with Gasteiger partial charge in [-0.1, -0.05) is 6.58 Å². The maximum Gasteiger partial charge on any atom is 0.0530 e. The summed E-state index contributed by atoms with van der Waals surface area (Å²) < 4.78 is 4.10. The van der Waals surface area contributed by atoms with Gasteiger partial charge in [-0.05, 0) is 6.72 Å². The van der Waals surface area contributed by atoms with Crippen molar-refractivity contribution in [3.63, 3.8) is 0 Å². The first-order valence-electron chi connectivity index (χ1n) is 1.28. The quantitative estimate of drug-likeness (QED) is 0.332. The summed E-state index contributed by atoms with van der Waals surface area (Å²) in [6.45, 7) is 6.64. The maximum atomic E-state index is 3.81. The lowest BCUT2D eigenvalue weighted by Gasteiger charge is -1.80. The number of rotatable bonds is 2. The van der Waals surface area contributed by atoms with E-state index >= 15 is 0 Å². The molecule has 0 saturated heterocycles. The van der Waals surface area contributed by atoms with Crippen molar-refractivity contribution in [2.45, 2.75) is 0 Å². The van der Waals surface area contributed by atoms with Crippen molar-refractivity contribution in [1.82, 2.24) is 0 Å². The van der Waals surface area contributed by atoms with Gasteiger partial charge in [0.25, 0.3) is 0 Å². The van der Waals surface area contributed by atoms with Crippen molar-refractivity contribution in [2.24, 2.45) is 4.40 Å². The normalized spacial score (nSPS) is 7.50. The SMILES string of the molecule is C=NSC(=C)S. The van der Waals surface area contributed by atoms with Crippen LogP contribution in [0.25, 0.3) is 0 Å². The fourth-order valence-corrected chi connectivity index (χ4v) is 0.397. The Hall–Kier alpha value is 0.110. The van der Waals surface area contributed by atoms with Gasteiger partial charge in [-0.2, -0.15) is 0 Å². The third-order valence-electron chi connectivity index (χ3n) is 0.170. The van der Waals surface area contributed by atoms with E-state index in [4.69, 9.17) is 0 Å². The van der Waals surface area contributed by atoms with E-state index in [0.717, 1.165) is 0 Å². The van der Waals surface area contributed by atoms with E-state index in [1.54, 1.807) is 0 Å². The molecule has 0 N–H and O–H groups in total. The van der Waals surface area contributed by atoms with Crippen LogP contribution >= 0.6 is 24.6 Å². The third-order valence-corrected chi connectivity index (χ3v) is 0.755. The van der Waals surface area contributed by atoms with E-state index in [0.29, 0.717) is 4.24 Å². The Morgan fingerprint density at radius 1 is 1.83 bits per heavy atom. The number of thiol groups is 1. The van der Waals surface area contributed by atoms with Crippen molar-refractivity contribution in [3.8, 4) is 0 Å². The summed E-state index contributed by atoms with van der Waals surface area (Å²) in [5.41, 5.74) is 0. The minimum Gasteiger partial charge on any atom is -0.227 e. The van der Waals surface area contributed by atoms with E-state index in [-0.39, 0.29) is 0 Å². The summed E-state index contributed by atoms with van der Waals surface area (Å²) in [6.07, 6.45) is 0. The summed E-state index contributed by atoms with van der Waals surface area (Å²) in [7, 11) is 0. The van der Waals surface area contributed by atoms with E-state index in [2.05, 4.69) is 30.3 Å². The molecular weight excluding hydrogens is 114 g/mol. The lowest BCUT2D eigenvalue weighted by molar-refractivity contribution is 2.04. The van der Waals surface area contributed by atoms with Crippen LogP contribution in [0.1, 0.15) is 0 Å². The molecule has 1 nitrogen and oxygen atoms in total. The zero-order valence-electron chi connectivity index (χ0n) is 3.22. The van der Waals surface area contributed by atoms with Crippen molar-refractivity contribution >= 4 is 31.3 Å². The lowest BCUT2D eigenvalue weighted by Crippen LogP contribution is -1.44. The first-order chi connectivity index (χ1) is 2.77. The summed E-state index contributed by atoms with van der Waals surface area (Å²) in [4.78, 5) is 0. The Morgan fingerprint density at radius 3 is 2.33 bits per heavy atom. The molecule has 0 aliphatic heterocycles. The molecule has 0 atom stereocenters. The molecule has 0 aromatic rings. The Bertz CT molecular complexity index is 69.2. The van der Waals surface area contributed by atoms with Gasteiger partial charge in [0.05, 0.1) is 4.24 Å². The molecule has 0 aliphatic carbocycles. The first kappa shape index (κ1) is 6.11. The molecule has 0 unspecified atom stereocenters. The van der Waals surface area contributed by atoms with Gasteiger partial charge in [-0.15, -0.1) is 12.6 Å².